The van der Waals surface area contributed by atoms with Crippen molar-refractivity contribution >= 4 is 29.1 Å². The number of nitrogens with zero attached hydrogens (tertiary/aromatic N) is 1. The molecule has 0 aliphatic heterocycles. The highest BCUT2D eigenvalue weighted by Gasteiger charge is 1.97. The molecule has 3 nitrogen and oxygen atoms in total. The van der Waals surface area contributed by atoms with E-state index in [0.29, 0.717) is 21.2 Å². The number of carbonyl (C=O) groups is 1. The molecule has 0 aliphatic rings. The molecule has 2 aromatic rings. The lowest BCUT2D eigenvalue weighted by Crippen LogP contribution is -2.10. The molecule has 0 saturated heterocycles. The zero-order valence-electron chi connectivity index (χ0n) is 9.81. The van der Waals surface area contributed by atoms with Gasteiger partial charge < -0.3 is 5.73 Å². The molecule has 0 saturated carbocycles. The van der Waals surface area contributed by atoms with Gasteiger partial charge >= 0.3 is 0 Å². The summed E-state index contributed by atoms with van der Waals surface area (Å²) in [6, 6.07) is 15.3. The highest BCUT2D eigenvalue weighted by atomic mass is 35.5. The van der Waals surface area contributed by atoms with Gasteiger partial charge in [-0.2, -0.15) is 5.26 Å². The minimum absolute atomic E-state index is 0.438. The topological polar surface area (TPSA) is 66.9 Å². The standard InChI is InChI=1S/C7H6ClNO.C7H4ClN/c8-6-3-1-2-5(4-6)7(9)10;8-7-3-1-6(5-9)2-4-7/h1-4H,(H2,9,10);1-4H. The maximum atomic E-state index is 10.5. The third-order valence-corrected chi connectivity index (χ3v) is 2.57. The van der Waals surface area contributed by atoms with Crippen LogP contribution >= 0.6 is 23.2 Å². The van der Waals surface area contributed by atoms with Gasteiger partial charge in [0.25, 0.3) is 0 Å². The van der Waals surface area contributed by atoms with E-state index in [-0.39, 0.29) is 0 Å². The van der Waals surface area contributed by atoms with Crippen LogP contribution in [0, 0.1) is 11.3 Å². The molecule has 0 radical (unpaired) electrons. The Labute approximate surface area is 121 Å². The van der Waals surface area contributed by atoms with Crippen molar-refractivity contribution in [3.8, 4) is 6.07 Å². The quantitative estimate of drug-likeness (QED) is 0.872. The summed E-state index contributed by atoms with van der Waals surface area (Å²) in [7, 11) is 0. The molecule has 96 valence electrons. The second-order valence-electron chi connectivity index (χ2n) is 3.49. The number of benzene rings is 2. The Morgan fingerprint density at radius 1 is 1.05 bits per heavy atom. The first-order valence-electron chi connectivity index (χ1n) is 5.24. The fourth-order valence-electron chi connectivity index (χ4n) is 1.17. The van der Waals surface area contributed by atoms with E-state index in [1.54, 1.807) is 42.5 Å². The molecule has 0 fully saturated rings. The summed E-state index contributed by atoms with van der Waals surface area (Å²) in [5, 5.41) is 9.52. The number of nitrogens with two attached hydrogens (primary N) is 1. The molecule has 2 N–H and O–H groups in total. The zero-order valence-corrected chi connectivity index (χ0v) is 11.3. The van der Waals surface area contributed by atoms with Gasteiger partial charge in [-0.15, -0.1) is 0 Å². The average Bonchev–Trinajstić information content (AvgIpc) is 2.40. The van der Waals surface area contributed by atoms with Crippen molar-refractivity contribution in [2.75, 3.05) is 0 Å². The number of rotatable bonds is 1. The number of primary amides is 1. The maximum Gasteiger partial charge on any atom is 0.248 e. The summed E-state index contributed by atoms with van der Waals surface area (Å²) in [5.41, 5.74) is 6.06. The van der Waals surface area contributed by atoms with Crippen molar-refractivity contribution in [3.63, 3.8) is 0 Å². The van der Waals surface area contributed by atoms with Crippen LogP contribution in [0.5, 0.6) is 0 Å². The molecular weight excluding hydrogens is 283 g/mol. The Morgan fingerprint density at radius 3 is 2.11 bits per heavy atom. The van der Waals surface area contributed by atoms with E-state index in [1.807, 2.05) is 6.07 Å². The second-order valence-corrected chi connectivity index (χ2v) is 4.37. The summed E-state index contributed by atoms with van der Waals surface area (Å²) < 4.78 is 0. The lowest BCUT2D eigenvalue weighted by Gasteiger charge is -1.93. The number of amides is 1. The normalized spacial score (nSPS) is 8.89. The van der Waals surface area contributed by atoms with Crippen molar-refractivity contribution in [1.29, 1.82) is 5.26 Å². The first-order valence-corrected chi connectivity index (χ1v) is 5.99. The Hall–Kier alpha value is -2.02. The molecule has 0 aliphatic carbocycles. The first kappa shape index (κ1) is 15.0. The van der Waals surface area contributed by atoms with Crippen LogP contribution in [0.3, 0.4) is 0 Å². The summed E-state index contributed by atoms with van der Waals surface area (Å²) in [4.78, 5) is 10.5. The average molecular weight is 293 g/mol. The largest absolute Gasteiger partial charge is 0.366 e. The summed E-state index contributed by atoms with van der Waals surface area (Å²) in [5.74, 6) is -0.456. The molecule has 0 heterocycles. The number of halogens is 2. The molecule has 5 heteroatoms. The van der Waals surface area contributed by atoms with Crippen LogP contribution in [0.4, 0.5) is 0 Å². The Morgan fingerprint density at radius 2 is 1.68 bits per heavy atom. The molecule has 0 bridgehead atoms. The van der Waals surface area contributed by atoms with Gasteiger partial charge in [0.05, 0.1) is 11.6 Å². The highest BCUT2D eigenvalue weighted by molar-refractivity contribution is 6.31. The molecule has 0 atom stereocenters. The van der Waals surface area contributed by atoms with Crippen LogP contribution < -0.4 is 5.73 Å². The molecule has 0 spiro atoms. The molecule has 0 unspecified atom stereocenters. The fraction of sp³-hybridized carbons (Fsp3) is 0. The minimum atomic E-state index is -0.456. The van der Waals surface area contributed by atoms with Gasteiger partial charge in [0.15, 0.2) is 0 Å². The number of hydrogen-bond acceptors (Lipinski definition) is 2. The van der Waals surface area contributed by atoms with Crippen LogP contribution in [-0.2, 0) is 0 Å². The van der Waals surface area contributed by atoms with Crippen LogP contribution in [0.2, 0.25) is 10.0 Å². The third-order valence-electron chi connectivity index (χ3n) is 2.08. The van der Waals surface area contributed by atoms with Crippen LogP contribution in [0.1, 0.15) is 15.9 Å². The molecular formula is C14H10Cl2N2O. The van der Waals surface area contributed by atoms with Crippen molar-refractivity contribution in [2.24, 2.45) is 5.73 Å². The highest BCUT2D eigenvalue weighted by Crippen LogP contribution is 2.09. The molecule has 19 heavy (non-hydrogen) atoms. The van der Waals surface area contributed by atoms with E-state index in [4.69, 9.17) is 34.2 Å². The Balaban J connectivity index is 0.000000191. The smallest absolute Gasteiger partial charge is 0.248 e. The number of carbonyl (C=O) groups excluding carboxylic acids is 1. The SMILES string of the molecule is N#Cc1ccc(Cl)cc1.NC(=O)c1cccc(Cl)c1. The lowest BCUT2D eigenvalue weighted by molar-refractivity contribution is 0.100. The van der Waals surface area contributed by atoms with Gasteiger partial charge in [-0.3, -0.25) is 4.79 Å². The van der Waals surface area contributed by atoms with Gasteiger partial charge in [-0.05, 0) is 42.5 Å². The van der Waals surface area contributed by atoms with Crippen LogP contribution in [0.15, 0.2) is 48.5 Å². The van der Waals surface area contributed by atoms with Gasteiger partial charge in [0.1, 0.15) is 0 Å². The van der Waals surface area contributed by atoms with Crippen LogP contribution in [0.25, 0.3) is 0 Å². The van der Waals surface area contributed by atoms with E-state index >= 15 is 0 Å². The van der Waals surface area contributed by atoms with Crippen molar-refractivity contribution in [1.82, 2.24) is 0 Å². The van der Waals surface area contributed by atoms with Crippen molar-refractivity contribution < 1.29 is 4.79 Å². The number of hydrogen-bond donors (Lipinski definition) is 1. The van der Waals surface area contributed by atoms with E-state index in [9.17, 15) is 4.79 Å². The monoisotopic (exact) mass is 292 g/mol. The van der Waals surface area contributed by atoms with E-state index in [0.717, 1.165) is 0 Å². The second kappa shape index (κ2) is 7.42. The fourth-order valence-corrected chi connectivity index (χ4v) is 1.48. The maximum absolute atomic E-state index is 10.5. The molecule has 1 amide bonds. The lowest BCUT2D eigenvalue weighted by atomic mass is 10.2. The van der Waals surface area contributed by atoms with Gasteiger partial charge in [-0.1, -0.05) is 29.3 Å². The molecule has 2 rings (SSSR count). The van der Waals surface area contributed by atoms with Gasteiger partial charge in [0.2, 0.25) is 5.91 Å². The summed E-state index contributed by atoms with van der Waals surface area (Å²) >= 11 is 11.1. The van der Waals surface area contributed by atoms with Crippen molar-refractivity contribution in [3.05, 3.63) is 69.7 Å². The van der Waals surface area contributed by atoms with E-state index in [1.165, 1.54) is 6.07 Å². The summed E-state index contributed by atoms with van der Waals surface area (Å²) in [6.45, 7) is 0. The van der Waals surface area contributed by atoms with Gasteiger partial charge in [0, 0.05) is 15.6 Å². The molecule has 0 aromatic heterocycles. The third kappa shape index (κ3) is 5.43. The predicted octanol–water partition coefficient (Wildman–Crippen LogP) is 3.65. The number of nitriles is 1. The first-order chi connectivity index (χ1) is 9.02. The Kier molecular flexibility index (Phi) is 5.87. The van der Waals surface area contributed by atoms with Crippen LogP contribution in [-0.4, -0.2) is 5.91 Å². The van der Waals surface area contributed by atoms with E-state index in [2.05, 4.69) is 0 Å². The molecule has 2 aromatic carbocycles. The Bertz CT molecular complexity index is 604. The predicted molar refractivity (Wildman–Crippen MR) is 76.1 cm³/mol. The van der Waals surface area contributed by atoms with Gasteiger partial charge in [-0.25, -0.2) is 0 Å². The summed E-state index contributed by atoms with van der Waals surface area (Å²) in [6.07, 6.45) is 0. The van der Waals surface area contributed by atoms with E-state index < -0.39 is 5.91 Å². The minimum Gasteiger partial charge on any atom is -0.366 e. The zero-order chi connectivity index (χ0) is 14.3. The van der Waals surface area contributed by atoms with Crippen molar-refractivity contribution in [2.45, 2.75) is 0 Å².